The van der Waals surface area contributed by atoms with Crippen molar-refractivity contribution in [3.8, 4) is 6.07 Å². The third kappa shape index (κ3) is 2.82. The summed E-state index contributed by atoms with van der Waals surface area (Å²) in [5.74, 6) is -0.329. The van der Waals surface area contributed by atoms with Gasteiger partial charge in [-0.15, -0.1) is 0 Å². The van der Waals surface area contributed by atoms with Crippen LogP contribution in [0.5, 0.6) is 0 Å². The topological polar surface area (TPSA) is 78.1 Å². The maximum Gasteiger partial charge on any atom is 0.274 e. The molecule has 2 heterocycles. The molecular weight excluding hydrogens is 300 g/mol. The van der Waals surface area contributed by atoms with Crippen molar-refractivity contribution in [2.45, 2.75) is 20.4 Å². The molecule has 0 spiro atoms. The van der Waals surface area contributed by atoms with Crippen LogP contribution in [-0.2, 0) is 6.54 Å². The first-order valence-electron chi connectivity index (χ1n) is 7.51. The molecule has 0 bridgehead atoms. The van der Waals surface area contributed by atoms with Crippen LogP contribution in [-0.4, -0.2) is 16.6 Å². The largest absolute Gasteiger partial charge is 0.321 e. The van der Waals surface area contributed by atoms with Crippen molar-refractivity contribution < 1.29 is 4.79 Å². The standard InChI is InChI=1S/C19H16N4O/c1-11(2)16-6-13(8-20)9-22-18(16)19(24)23-15-5-4-14-10-21-12(3)17(14)7-15/h4-7,9H,1,10H2,2-3H3,(H,23,24). The highest BCUT2D eigenvalue weighted by Crippen LogP contribution is 2.24. The highest BCUT2D eigenvalue weighted by atomic mass is 16.1. The van der Waals surface area contributed by atoms with Gasteiger partial charge in [0.15, 0.2) is 0 Å². The van der Waals surface area contributed by atoms with Gasteiger partial charge in [-0.3, -0.25) is 9.79 Å². The number of nitriles is 1. The van der Waals surface area contributed by atoms with Gasteiger partial charge in [-0.1, -0.05) is 12.6 Å². The zero-order valence-corrected chi connectivity index (χ0v) is 13.6. The van der Waals surface area contributed by atoms with Crippen LogP contribution in [0.3, 0.4) is 0 Å². The fraction of sp³-hybridized carbons (Fsp3) is 0.158. The van der Waals surface area contributed by atoms with E-state index < -0.39 is 0 Å². The fourth-order valence-corrected chi connectivity index (χ4v) is 2.64. The van der Waals surface area contributed by atoms with Crippen LogP contribution < -0.4 is 5.32 Å². The SMILES string of the molecule is C=C(C)c1cc(C#N)cnc1C(=O)Nc1ccc2c(c1)C(C)=NC2. The average molecular weight is 316 g/mol. The van der Waals surface area contributed by atoms with Crippen molar-refractivity contribution in [3.05, 3.63) is 65.0 Å². The third-order valence-electron chi connectivity index (χ3n) is 3.94. The van der Waals surface area contributed by atoms with Crippen LogP contribution >= 0.6 is 0 Å². The van der Waals surface area contributed by atoms with Crippen LogP contribution in [0.2, 0.25) is 0 Å². The number of anilines is 1. The number of rotatable bonds is 3. The highest BCUT2D eigenvalue weighted by molar-refractivity contribution is 6.07. The first-order valence-corrected chi connectivity index (χ1v) is 7.51. The molecule has 0 saturated heterocycles. The number of nitrogens with one attached hydrogen (secondary N) is 1. The number of pyridine rings is 1. The Morgan fingerprint density at radius 3 is 2.88 bits per heavy atom. The summed E-state index contributed by atoms with van der Waals surface area (Å²) < 4.78 is 0. The minimum atomic E-state index is -0.329. The lowest BCUT2D eigenvalue weighted by atomic mass is 10.0. The summed E-state index contributed by atoms with van der Waals surface area (Å²) in [5.41, 5.74) is 5.79. The zero-order chi connectivity index (χ0) is 17.3. The summed E-state index contributed by atoms with van der Waals surface area (Å²) >= 11 is 0. The molecule has 0 saturated carbocycles. The summed E-state index contributed by atoms with van der Waals surface area (Å²) in [5, 5.41) is 11.9. The third-order valence-corrected chi connectivity index (χ3v) is 3.94. The van der Waals surface area contributed by atoms with Crippen molar-refractivity contribution in [1.82, 2.24) is 4.98 Å². The van der Waals surface area contributed by atoms with Gasteiger partial charge in [0.1, 0.15) is 11.8 Å². The second-order valence-corrected chi connectivity index (χ2v) is 5.74. The maximum absolute atomic E-state index is 12.6. The summed E-state index contributed by atoms with van der Waals surface area (Å²) in [6.07, 6.45) is 1.39. The number of aliphatic imine (C=N–C) groups is 1. The second kappa shape index (κ2) is 6.09. The second-order valence-electron chi connectivity index (χ2n) is 5.74. The van der Waals surface area contributed by atoms with Gasteiger partial charge in [0.05, 0.1) is 12.1 Å². The molecule has 118 valence electrons. The molecule has 1 aliphatic heterocycles. The van der Waals surface area contributed by atoms with Crippen molar-refractivity contribution in [1.29, 1.82) is 5.26 Å². The molecule has 24 heavy (non-hydrogen) atoms. The first kappa shape index (κ1) is 15.6. The Kier molecular flexibility index (Phi) is 3.97. The van der Waals surface area contributed by atoms with Gasteiger partial charge >= 0.3 is 0 Å². The Morgan fingerprint density at radius 1 is 1.38 bits per heavy atom. The van der Waals surface area contributed by atoms with Gasteiger partial charge < -0.3 is 5.32 Å². The molecule has 5 nitrogen and oxygen atoms in total. The summed E-state index contributed by atoms with van der Waals surface area (Å²) in [6.45, 7) is 8.29. The normalized spacial score (nSPS) is 12.1. The Hall–Kier alpha value is -3.26. The molecule has 3 rings (SSSR count). The van der Waals surface area contributed by atoms with Gasteiger partial charge in [-0.05, 0) is 43.2 Å². The molecule has 5 heteroatoms. The van der Waals surface area contributed by atoms with Crippen molar-refractivity contribution >= 4 is 22.9 Å². The van der Waals surface area contributed by atoms with E-state index in [1.807, 2.05) is 31.2 Å². The number of carbonyl (C=O) groups excluding carboxylic acids is 1. The quantitative estimate of drug-likeness (QED) is 0.940. The Morgan fingerprint density at radius 2 is 2.17 bits per heavy atom. The number of hydrogen-bond acceptors (Lipinski definition) is 4. The molecule has 2 aromatic rings. The maximum atomic E-state index is 12.6. The van der Waals surface area contributed by atoms with E-state index in [2.05, 4.69) is 21.9 Å². The van der Waals surface area contributed by atoms with E-state index in [9.17, 15) is 4.79 Å². The summed E-state index contributed by atoms with van der Waals surface area (Å²) in [6, 6.07) is 9.40. The average Bonchev–Trinajstić information content (AvgIpc) is 2.95. The lowest BCUT2D eigenvalue weighted by Crippen LogP contribution is -2.16. The lowest BCUT2D eigenvalue weighted by molar-refractivity contribution is 0.102. The molecule has 1 N–H and O–H groups in total. The molecule has 1 amide bonds. The Bertz CT molecular complexity index is 935. The molecule has 1 aliphatic rings. The summed E-state index contributed by atoms with van der Waals surface area (Å²) in [4.78, 5) is 21.1. The van der Waals surface area contributed by atoms with Gasteiger partial charge in [-0.25, -0.2) is 4.98 Å². The fourth-order valence-electron chi connectivity index (χ4n) is 2.64. The van der Waals surface area contributed by atoms with Gasteiger partial charge in [0.2, 0.25) is 0 Å². The van der Waals surface area contributed by atoms with E-state index >= 15 is 0 Å². The van der Waals surface area contributed by atoms with Gasteiger partial charge in [0.25, 0.3) is 5.91 Å². The molecule has 0 unspecified atom stereocenters. The van der Waals surface area contributed by atoms with Crippen LogP contribution in [0, 0.1) is 11.3 Å². The van der Waals surface area contributed by atoms with Crippen molar-refractivity contribution in [2.24, 2.45) is 4.99 Å². The van der Waals surface area contributed by atoms with E-state index in [1.165, 1.54) is 6.20 Å². The van der Waals surface area contributed by atoms with E-state index in [-0.39, 0.29) is 11.6 Å². The summed E-state index contributed by atoms with van der Waals surface area (Å²) in [7, 11) is 0. The van der Waals surface area contributed by atoms with Crippen molar-refractivity contribution in [2.75, 3.05) is 5.32 Å². The van der Waals surface area contributed by atoms with Crippen LogP contribution in [0.4, 0.5) is 5.69 Å². The van der Waals surface area contributed by atoms with E-state index in [0.29, 0.717) is 28.9 Å². The number of amides is 1. The van der Waals surface area contributed by atoms with Gasteiger partial charge in [-0.2, -0.15) is 5.26 Å². The monoisotopic (exact) mass is 316 g/mol. The number of fused-ring (bicyclic) bond motifs is 1. The van der Waals surface area contributed by atoms with Crippen LogP contribution in [0.1, 0.15) is 46.6 Å². The van der Waals surface area contributed by atoms with E-state index in [4.69, 9.17) is 5.26 Å². The van der Waals surface area contributed by atoms with Crippen LogP contribution in [0.25, 0.3) is 5.57 Å². The molecule has 0 fully saturated rings. The number of hydrogen-bond donors (Lipinski definition) is 1. The number of nitrogens with zero attached hydrogens (tertiary/aromatic N) is 3. The number of carbonyl (C=O) groups is 1. The molecule has 1 aromatic heterocycles. The molecular formula is C19H16N4O. The Balaban J connectivity index is 1.91. The Labute approximate surface area is 140 Å². The smallest absolute Gasteiger partial charge is 0.274 e. The number of aromatic nitrogens is 1. The van der Waals surface area contributed by atoms with Crippen LogP contribution in [0.15, 0.2) is 42.0 Å². The molecule has 1 aromatic carbocycles. The van der Waals surface area contributed by atoms with E-state index in [0.717, 1.165) is 16.8 Å². The van der Waals surface area contributed by atoms with Crippen molar-refractivity contribution in [3.63, 3.8) is 0 Å². The number of allylic oxidation sites excluding steroid dienone is 1. The lowest BCUT2D eigenvalue weighted by Gasteiger charge is -2.11. The molecule has 0 radical (unpaired) electrons. The first-order chi connectivity index (χ1) is 11.5. The number of benzene rings is 1. The van der Waals surface area contributed by atoms with Gasteiger partial charge in [0, 0.05) is 28.7 Å². The highest BCUT2D eigenvalue weighted by Gasteiger charge is 2.17. The predicted molar refractivity (Wildman–Crippen MR) is 94.0 cm³/mol. The minimum Gasteiger partial charge on any atom is -0.321 e. The molecule has 0 aliphatic carbocycles. The predicted octanol–water partition coefficient (Wildman–Crippen LogP) is 3.56. The minimum absolute atomic E-state index is 0.257. The zero-order valence-electron chi connectivity index (χ0n) is 13.6. The molecule has 0 atom stereocenters. The van der Waals surface area contributed by atoms with E-state index in [1.54, 1.807) is 13.0 Å².